The number of hydrogen-bond donors (Lipinski definition) is 4. The first-order valence-electron chi connectivity index (χ1n) is 10.3. The summed E-state index contributed by atoms with van der Waals surface area (Å²) in [6.07, 6.45) is 8.19. The Balaban J connectivity index is 1.30. The quantitative estimate of drug-likeness (QED) is 0.410. The van der Waals surface area contributed by atoms with E-state index in [4.69, 9.17) is 0 Å². The normalized spacial score (nSPS) is 16.8. The smallest absolute Gasteiger partial charge is 0.321 e. The lowest BCUT2D eigenvalue weighted by molar-refractivity contribution is -0.118. The molecule has 0 aromatic carbocycles. The van der Waals surface area contributed by atoms with Gasteiger partial charge in [0.15, 0.2) is 8.68 Å². The number of rotatable bonds is 8. The van der Waals surface area contributed by atoms with Crippen LogP contribution in [-0.2, 0) is 9.59 Å². The van der Waals surface area contributed by atoms with Crippen LogP contribution in [0.5, 0.6) is 0 Å². The number of urea groups is 2. The van der Waals surface area contributed by atoms with Gasteiger partial charge in [-0.3, -0.25) is 20.2 Å². The first-order valence-corrected chi connectivity index (χ1v) is 13.1. The van der Waals surface area contributed by atoms with E-state index in [9.17, 15) is 19.2 Å². The van der Waals surface area contributed by atoms with Crippen molar-refractivity contribution < 1.29 is 19.2 Å². The van der Waals surface area contributed by atoms with Crippen LogP contribution in [0.2, 0.25) is 0 Å². The third-order valence-electron chi connectivity index (χ3n) is 4.93. The molecule has 0 unspecified atom stereocenters. The SMILES string of the molecule is O=C(CSc1nnc(SCC(=O)NC(=O)NC2CCCC2)s1)NC(=O)NC1CCCC1. The van der Waals surface area contributed by atoms with Crippen molar-refractivity contribution >= 4 is 58.7 Å². The van der Waals surface area contributed by atoms with Crippen LogP contribution in [0.3, 0.4) is 0 Å². The van der Waals surface area contributed by atoms with Crippen molar-refractivity contribution in [2.24, 2.45) is 0 Å². The second-order valence-corrected chi connectivity index (χ2v) is 10.8. The van der Waals surface area contributed by atoms with Crippen LogP contribution in [0.25, 0.3) is 0 Å². The summed E-state index contributed by atoms with van der Waals surface area (Å²) in [6.45, 7) is 0. The molecule has 1 aromatic heterocycles. The van der Waals surface area contributed by atoms with E-state index in [0.29, 0.717) is 8.68 Å². The number of imide groups is 2. The molecule has 2 aliphatic rings. The number of hydrogen-bond acceptors (Lipinski definition) is 9. The van der Waals surface area contributed by atoms with Crippen molar-refractivity contribution in [2.45, 2.75) is 72.1 Å². The molecule has 1 aromatic rings. The lowest BCUT2D eigenvalue weighted by Gasteiger charge is -2.11. The van der Waals surface area contributed by atoms with Crippen LogP contribution in [0, 0.1) is 0 Å². The lowest BCUT2D eigenvalue weighted by atomic mass is 10.2. The molecule has 0 spiro atoms. The fourth-order valence-corrected chi connectivity index (χ4v) is 6.10. The van der Waals surface area contributed by atoms with E-state index in [1.807, 2.05) is 0 Å². The van der Waals surface area contributed by atoms with Crippen molar-refractivity contribution in [1.82, 2.24) is 31.5 Å². The Hall–Kier alpha value is -1.86. The van der Waals surface area contributed by atoms with Crippen LogP contribution < -0.4 is 21.3 Å². The second kappa shape index (κ2) is 12.2. The van der Waals surface area contributed by atoms with Gasteiger partial charge in [0.25, 0.3) is 0 Å². The average Bonchev–Trinajstić information content (AvgIpc) is 3.48. The Labute approximate surface area is 192 Å². The van der Waals surface area contributed by atoms with E-state index < -0.39 is 23.9 Å². The van der Waals surface area contributed by atoms with Crippen LogP contribution >= 0.6 is 34.9 Å². The molecule has 10 nitrogen and oxygen atoms in total. The topological polar surface area (TPSA) is 142 Å². The maximum absolute atomic E-state index is 11.9. The van der Waals surface area contributed by atoms with Gasteiger partial charge in [-0.1, -0.05) is 60.5 Å². The van der Waals surface area contributed by atoms with Gasteiger partial charge in [-0.15, -0.1) is 10.2 Å². The molecule has 31 heavy (non-hydrogen) atoms. The predicted octanol–water partition coefficient (Wildman–Crippen LogP) is 2.26. The number of carbonyl (C=O) groups excluding carboxylic acids is 4. The standard InChI is InChI=1S/C18H26N6O4S3/c25-13(21-15(27)19-11-5-1-2-6-11)9-29-17-23-24-18(31-17)30-10-14(26)22-16(28)20-12-7-3-4-8-12/h11-12H,1-10H2,(H2,19,21,25,27)(H2,20,22,26,28). The third-order valence-corrected chi connectivity index (χ3v) is 8.12. The number of nitrogens with zero attached hydrogens (tertiary/aromatic N) is 2. The summed E-state index contributed by atoms with van der Waals surface area (Å²) in [6, 6.07) is -0.633. The first-order chi connectivity index (χ1) is 15.0. The Kier molecular flexibility index (Phi) is 9.40. The van der Waals surface area contributed by atoms with E-state index in [-0.39, 0.29) is 23.6 Å². The lowest BCUT2D eigenvalue weighted by Crippen LogP contribution is -2.44. The van der Waals surface area contributed by atoms with E-state index in [1.54, 1.807) is 0 Å². The van der Waals surface area contributed by atoms with Crippen molar-refractivity contribution in [1.29, 1.82) is 0 Å². The van der Waals surface area contributed by atoms with E-state index in [0.717, 1.165) is 51.4 Å². The van der Waals surface area contributed by atoms with Gasteiger partial charge in [0.2, 0.25) is 11.8 Å². The second-order valence-electron chi connectivity index (χ2n) is 7.42. The molecule has 2 saturated carbocycles. The van der Waals surface area contributed by atoms with Crippen molar-refractivity contribution in [3.05, 3.63) is 0 Å². The molecule has 170 valence electrons. The molecule has 0 aliphatic heterocycles. The summed E-state index contributed by atoms with van der Waals surface area (Å²) in [4.78, 5) is 47.4. The highest BCUT2D eigenvalue weighted by molar-refractivity contribution is 8.03. The van der Waals surface area contributed by atoms with Gasteiger partial charge in [0.05, 0.1) is 11.5 Å². The average molecular weight is 487 g/mol. The molecular weight excluding hydrogens is 460 g/mol. The molecule has 1 heterocycles. The van der Waals surface area contributed by atoms with E-state index >= 15 is 0 Å². The molecule has 0 bridgehead atoms. The molecule has 13 heteroatoms. The van der Waals surface area contributed by atoms with Gasteiger partial charge in [0.1, 0.15) is 0 Å². The maximum Gasteiger partial charge on any atom is 0.321 e. The highest BCUT2D eigenvalue weighted by Crippen LogP contribution is 2.28. The molecule has 2 aliphatic carbocycles. The number of aromatic nitrogens is 2. The summed E-state index contributed by atoms with van der Waals surface area (Å²) < 4.78 is 1.13. The summed E-state index contributed by atoms with van der Waals surface area (Å²) in [5, 5.41) is 18.2. The molecule has 6 amide bonds. The van der Waals surface area contributed by atoms with Crippen LogP contribution in [0.4, 0.5) is 9.59 Å². The summed E-state index contributed by atoms with van der Waals surface area (Å²) >= 11 is 3.59. The zero-order valence-corrected chi connectivity index (χ0v) is 19.4. The number of thioether (sulfide) groups is 2. The zero-order chi connectivity index (χ0) is 22.1. The Morgan fingerprint density at radius 1 is 0.742 bits per heavy atom. The van der Waals surface area contributed by atoms with Gasteiger partial charge in [-0.05, 0) is 25.7 Å². The number of nitrogens with one attached hydrogen (secondary N) is 4. The zero-order valence-electron chi connectivity index (χ0n) is 17.0. The van der Waals surface area contributed by atoms with E-state index in [1.165, 1.54) is 34.9 Å². The molecule has 0 saturated heterocycles. The maximum atomic E-state index is 11.9. The molecular formula is C18H26N6O4S3. The van der Waals surface area contributed by atoms with Gasteiger partial charge >= 0.3 is 12.1 Å². The summed E-state index contributed by atoms with van der Waals surface area (Å²) in [7, 11) is 0. The summed E-state index contributed by atoms with van der Waals surface area (Å²) in [5.74, 6) is -0.728. The Morgan fingerprint density at radius 3 is 1.52 bits per heavy atom. The highest BCUT2D eigenvalue weighted by atomic mass is 32.2. The fourth-order valence-electron chi connectivity index (χ4n) is 3.48. The minimum absolute atomic E-state index is 0.0409. The van der Waals surface area contributed by atoms with E-state index in [2.05, 4.69) is 31.5 Å². The van der Waals surface area contributed by atoms with Gasteiger partial charge in [-0.2, -0.15) is 0 Å². The highest BCUT2D eigenvalue weighted by Gasteiger charge is 2.20. The van der Waals surface area contributed by atoms with Crippen LogP contribution in [0.15, 0.2) is 8.68 Å². The Morgan fingerprint density at radius 2 is 1.13 bits per heavy atom. The molecule has 3 rings (SSSR count). The summed E-state index contributed by atoms with van der Waals surface area (Å²) in [5.41, 5.74) is 0. The largest absolute Gasteiger partial charge is 0.335 e. The minimum Gasteiger partial charge on any atom is -0.335 e. The first kappa shape index (κ1) is 23.8. The van der Waals surface area contributed by atoms with Gasteiger partial charge in [-0.25, -0.2) is 9.59 Å². The Bertz CT molecular complexity index is 731. The third kappa shape index (κ3) is 8.65. The number of amides is 6. The molecule has 2 fully saturated rings. The molecule has 4 N–H and O–H groups in total. The van der Waals surface area contributed by atoms with Crippen molar-refractivity contribution in [2.75, 3.05) is 11.5 Å². The molecule has 0 radical (unpaired) electrons. The van der Waals surface area contributed by atoms with Crippen molar-refractivity contribution in [3.8, 4) is 0 Å². The van der Waals surface area contributed by atoms with Gasteiger partial charge in [0, 0.05) is 12.1 Å². The van der Waals surface area contributed by atoms with Crippen LogP contribution in [-0.4, -0.2) is 57.7 Å². The monoisotopic (exact) mass is 486 g/mol. The van der Waals surface area contributed by atoms with Crippen molar-refractivity contribution in [3.63, 3.8) is 0 Å². The fraction of sp³-hybridized carbons (Fsp3) is 0.667. The minimum atomic E-state index is -0.464. The van der Waals surface area contributed by atoms with Gasteiger partial charge < -0.3 is 10.6 Å². The predicted molar refractivity (Wildman–Crippen MR) is 119 cm³/mol. The van der Waals surface area contributed by atoms with Crippen LogP contribution in [0.1, 0.15) is 51.4 Å². The molecule has 0 atom stereocenters. The number of carbonyl (C=O) groups is 4.